The van der Waals surface area contributed by atoms with Gasteiger partial charge in [-0.15, -0.1) is 5.10 Å². The van der Waals surface area contributed by atoms with Crippen molar-refractivity contribution in [1.29, 1.82) is 0 Å². The predicted octanol–water partition coefficient (Wildman–Crippen LogP) is 2.27. The number of hydrogen-bond acceptors (Lipinski definition) is 5. The first-order valence-corrected chi connectivity index (χ1v) is 6.42. The second-order valence-corrected chi connectivity index (χ2v) is 4.76. The van der Waals surface area contributed by atoms with Crippen LogP contribution in [0, 0.1) is 0 Å². The van der Waals surface area contributed by atoms with Crippen molar-refractivity contribution in [2.24, 2.45) is 0 Å². The molecular formula is C14H9N5O3. The van der Waals surface area contributed by atoms with E-state index in [0.29, 0.717) is 22.9 Å². The molecule has 0 spiro atoms. The summed E-state index contributed by atoms with van der Waals surface area (Å²) in [6, 6.07) is 6.92. The molecule has 2 aromatic heterocycles. The lowest BCUT2D eigenvalue weighted by Gasteiger charge is -2.07. The van der Waals surface area contributed by atoms with Crippen LogP contribution < -0.4 is 10.6 Å². The SMILES string of the molecule is O=C1Nc2ncc(Nc3ccn(C(=O)O)n3)c3cccc1c23. The molecule has 3 aromatic rings. The van der Waals surface area contributed by atoms with Crippen molar-refractivity contribution in [3.05, 3.63) is 42.2 Å². The van der Waals surface area contributed by atoms with Gasteiger partial charge in [0.25, 0.3) is 5.91 Å². The van der Waals surface area contributed by atoms with E-state index in [9.17, 15) is 9.59 Å². The van der Waals surface area contributed by atoms with Crippen LogP contribution in [0.25, 0.3) is 10.8 Å². The third-order valence-electron chi connectivity index (χ3n) is 3.44. The Hall–Kier alpha value is -3.42. The second-order valence-electron chi connectivity index (χ2n) is 4.76. The average Bonchev–Trinajstić information content (AvgIpc) is 3.09. The normalized spacial score (nSPS) is 12.5. The Bertz CT molecular complexity index is 947. The van der Waals surface area contributed by atoms with Crippen molar-refractivity contribution >= 4 is 40.1 Å². The molecule has 0 unspecified atom stereocenters. The summed E-state index contributed by atoms with van der Waals surface area (Å²) >= 11 is 0. The maximum atomic E-state index is 11.8. The molecular weight excluding hydrogens is 286 g/mol. The maximum Gasteiger partial charge on any atom is 0.432 e. The van der Waals surface area contributed by atoms with Crippen molar-refractivity contribution < 1.29 is 14.7 Å². The van der Waals surface area contributed by atoms with Crippen LogP contribution in [0.15, 0.2) is 36.7 Å². The molecule has 1 aliphatic rings. The summed E-state index contributed by atoms with van der Waals surface area (Å²) in [7, 11) is 0. The molecule has 0 bridgehead atoms. The molecule has 0 saturated carbocycles. The lowest BCUT2D eigenvalue weighted by Crippen LogP contribution is -2.08. The fraction of sp³-hybridized carbons (Fsp3) is 0. The number of carbonyl (C=O) groups excluding carboxylic acids is 1. The zero-order chi connectivity index (χ0) is 15.3. The van der Waals surface area contributed by atoms with Crippen molar-refractivity contribution in [2.45, 2.75) is 0 Å². The molecule has 0 fully saturated rings. The van der Waals surface area contributed by atoms with Crippen LogP contribution in [-0.4, -0.2) is 31.9 Å². The Kier molecular flexibility index (Phi) is 2.40. The quantitative estimate of drug-likeness (QED) is 0.669. The molecule has 4 rings (SSSR count). The zero-order valence-electron chi connectivity index (χ0n) is 11.1. The summed E-state index contributed by atoms with van der Waals surface area (Å²) in [6.07, 6.45) is 1.75. The predicted molar refractivity (Wildman–Crippen MR) is 78.6 cm³/mol. The Balaban J connectivity index is 1.81. The minimum atomic E-state index is -1.17. The monoisotopic (exact) mass is 295 g/mol. The second kappa shape index (κ2) is 4.29. The van der Waals surface area contributed by atoms with Gasteiger partial charge < -0.3 is 15.7 Å². The van der Waals surface area contributed by atoms with Crippen LogP contribution in [0.2, 0.25) is 0 Å². The van der Waals surface area contributed by atoms with Crippen LogP contribution in [-0.2, 0) is 0 Å². The van der Waals surface area contributed by atoms with Crippen molar-refractivity contribution in [3.8, 4) is 0 Å². The lowest BCUT2D eigenvalue weighted by atomic mass is 10.1. The summed E-state index contributed by atoms with van der Waals surface area (Å²) in [5, 5.41) is 20.0. The highest BCUT2D eigenvalue weighted by atomic mass is 16.4. The number of nitrogens with zero attached hydrogens (tertiary/aromatic N) is 3. The zero-order valence-corrected chi connectivity index (χ0v) is 11.1. The Morgan fingerprint density at radius 2 is 2.18 bits per heavy atom. The van der Waals surface area contributed by atoms with Crippen molar-refractivity contribution in [3.63, 3.8) is 0 Å². The largest absolute Gasteiger partial charge is 0.463 e. The smallest absolute Gasteiger partial charge is 0.432 e. The lowest BCUT2D eigenvalue weighted by molar-refractivity contribution is 0.103. The summed E-state index contributed by atoms with van der Waals surface area (Å²) in [5.74, 6) is 0.722. The Morgan fingerprint density at radius 3 is 2.95 bits per heavy atom. The molecule has 1 aromatic carbocycles. The highest BCUT2D eigenvalue weighted by Crippen LogP contribution is 2.35. The van der Waals surface area contributed by atoms with Gasteiger partial charge in [-0.05, 0) is 6.07 Å². The number of carbonyl (C=O) groups is 2. The number of anilines is 3. The molecule has 22 heavy (non-hydrogen) atoms. The topological polar surface area (TPSA) is 109 Å². The van der Waals surface area contributed by atoms with Gasteiger partial charge in [0, 0.05) is 23.0 Å². The van der Waals surface area contributed by atoms with E-state index >= 15 is 0 Å². The van der Waals surface area contributed by atoms with Gasteiger partial charge >= 0.3 is 6.09 Å². The fourth-order valence-electron chi connectivity index (χ4n) is 2.49. The van der Waals surface area contributed by atoms with E-state index in [4.69, 9.17) is 5.11 Å². The van der Waals surface area contributed by atoms with E-state index < -0.39 is 6.09 Å². The number of benzene rings is 1. The minimum Gasteiger partial charge on any atom is -0.463 e. The van der Waals surface area contributed by atoms with E-state index in [2.05, 4.69) is 20.7 Å². The molecule has 8 nitrogen and oxygen atoms in total. The highest BCUT2D eigenvalue weighted by molar-refractivity contribution is 6.24. The van der Waals surface area contributed by atoms with E-state index in [1.54, 1.807) is 24.4 Å². The number of pyridine rings is 1. The van der Waals surface area contributed by atoms with Crippen LogP contribution in [0.4, 0.5) is 22.1 Å². The van der Waals surface area contributed by atoms with E-state index in [-0.39, 0.29) is 5.91 Å². The van der Waals surface area contributed by atoms with Crippen LogP contribution in [0.1, 0.15) is 10.4 Å². The number of nitrogens with one attached hydrogen (secondary N) is 2. The minimum absolute atomic E-state index is 0.180. The molecule has 8 heteroatoms. The first kappa shape index (κ1) is 12.3. The average molecular weight is 295 g/mol. The van der Waals surface area contributed by atoms with Gasteiger partial charge in [-0.1, -0.05) is 12.1 Å². The molecule has 0 radical (unpaired) electrons. The molecule has 0 saturated heterocycles. The maximum absolute atomic E-state index is 11.8. The van der Waals surface area contributed by atoms with Gasteiger partial charge in [0.2, 0.25) is 0 Å². The van der Waals surface area contributed by atoms with Crippen LogP contribution in [0.3, 0.4) is 0 Å². The van der Waals surface area contributed by atoms with E-state index in [1.807, 2.05) is 6.07 Å². The fourth-order valence-corrected chi connectivity index (χ4v) is 2.49. The van der Waals surface area contributed by atoms with Gasteiger partial charge in [0.15, 0.2) is 5.82 Å². The van der Waals surface area contributed by atoms with Gasteiger partial charge in [-0.25, -0.2) is 9.78 Å². The molecule has 1 aliphatic heterocycles. The number of rotatable bonds is 2. The molecule has 108 valence electrons. The number of aromatic nitrogens is 3. The molecule has 3 N–H and O–H groups in total. The standard InChI is InChI=1S/C14H9N5O3/c20-13-8-3-1-2-7-9(6-15-12(17-13)11(7)8)16-10-4-5-19(18-10)14(21)22/h1-6H,(H,16,18)(H,21,22)(H,15,17,20). The highest BCUT2D eigenvalue weighted by Gasteiger charge is 2.23. The van der Waals surface area contributed by atoms with Gasteiger partial charge in [-0.2, -0.15) is 4.68 Å². The summed E-state index contributed by atoms with van der Waals surface area (Å²) in [6.45, 7) is 0. The first-order valence-electron chi connectivity index (χ1n) is 6.42. The summed E-state index contributed by atoms with van der Waals surface area (Å²) in [4.78, 5) is 26.9. The Labute approximate surface area is 123 Å². The van der Waals surface area contributed by atoms with Crippen LogP contribution in [0.5, 0.6) is 0 Å². The van der Waals surface area contributed by atoms with Crippen molar-refractivity contribution in [2.75, 3.05) is 10.6 Å². The van der Waals surface area contributed by atoms with Crippen molar-refractivity contribution in [1.82, 2.24) is 14.8 Å². The molecule has 3 heterocycles. The summed E-state index contributed by atoms with van der Waals surface area (Å²) in [5.41, 5.74) is 1.22. The number of carboxylic acid groups (broad SMARTS) is 1. The third kappa shape index (κ3) is 1.71. The van der Waals surface area contributed by atoms with Gasteiger partial charge in [0.1, 0.15) is 5.82 Å². The van der Waals surface area contributed by atoms with Crippen LogP contribution >= 0.6 is 0 Å². The van der Waals surface area contributed by atoms with Gasteiger partial charge in [0.05, 0.1) is 17.4 Å². The van der Waals surface area contributed by atoms with Gasteiger partial charge in [-0.3, -0.25) is 4.79 Å². The Morgan fingerprint density at radius 1 is 1.32 bits per heavy atom. The molecule has 0 aliphatic carbocycles. The molecule has 1 amide bonds. The van der Waals surface area contributed by atoms with E-state index in [0.717, 1.165) is 15.5 Å². The number of amides is 1. The first-order chi connectivity index (χ1) is 10.6. The summed E-state index contributed by atoms with van der Waals surface area (Å²) < 4.78 is 0.806. The third-order valence-corrected chi connectivity index (χ3v) is 3.44. The number of hydrogen-bond donors (Lipinski definition) is 3. The molecule has 0 atom stereocenters. The van der Waals surface area contributed by atoms with E-state index in [1.165, 1.54) is 6.20 Å².